The normalized spacial score (nSPS) is 11.4. The van der Waals surface area contributed by atoms with Gasteiger partial charge in [0.05, 0.1) is 20.6 Å². The van der Waals surface area contributed by atoms with Crippen molar-refractivity contribution >= 4 is 60.5 Å². The lowest BCUT2D eigenvalue weighted by Gasteiger charge is -2.12. The Morgan fingerprint density at radius 3 is 2.43 bits per heavy atom. The summed E-state index contributed by atoms with van der Waals surface area (Å²) in [6.07, 6.45) is 0. The van der Waals surface area contributed by atoms with E-state index in [1.807, 2.05) is 0 Å². The number of rotatable bonds is 3. The number of sulfonamides is 1. The van der Waals surface area contributed by atoms with Gasteiger partial charge >= 0.3 is 0 Å². The number of aryl methyl sites for hydroxylation is 1. The van der Waals surface area contributed by atoms with Crippen molar-refractivity contribution in [2.45, 2.75) is 11.8 Å². The van der Waals surface area contributed by atoms with Gasteiger partial charge in [0.2, 0.25) is 0 Å². The highest BCUT2D eigenvalue weighted by molar-refractivity contribution is 9.10. The van der Waals surface area contributed by atoms with Crippen molar-refractivity contribution in [2.24, 2.45) is 0 Å². The summed E-state index contributed by atoms with van der Waals surface area (Å²) < 4.78 is 27.9. The Labute approximate surface area is 141 Å². The van der Waals surface area contributed by atoms with Crippen LogP contribution in [-0.2, 0) is 10.0 Å². The van der Waals surface area contributed by atoms with Gasteiger partial charge in [0.15, 0.2) is 0 Å². The fourth-order valence-electron chi connectivity index (χ4n) is 1.73. The molecule has 21 heavy (non-hydrogen) atoms. The van der Waals surface area contributed by atoms with Gasteiger partial charge in [-0.3, -0.25) is 4.72 Å². The predicted octanol–water partition coefficient (Wildman–Crippen LogP) is 4.45. The average Bonchev–Trinajstić information content (AvgIpc) is 2.37. The number of anilines is 2. The Balaban J connectivity index is 2.43. The van der Waals surface area contributed by atoms with E-state index in [1.165, 1.54) is 24.3 Å². The Bertz CT molecular complexity index is 810. The molecule has 0 bridgehead atoms. The van der Waals surface area contributed by atoms with E-state index in [-0.39, 0.29) is 9.92 Å². The molecule has 0 aliphatic heterocycles. The number of benzene rings is 2. The maximum Gasteiger partial charge on any atom is 0.262 e. The third kappa shape index (κ3) is 3.63. The molecule has 0 amide bonds. The van der Waals surface area contributed by atoms with E-state index in [4.69, 9.17) is 28.9 Å². The molecule has 3 N–H and O–H groups in total. The summed E-state index contributed by atoms with van der Waals surface area (Å²) >= 11 is 14.9. The Morgan fingerprint density at radius 1 is 1.14 bits per heavy atom. The number of halogens is 3. The topological polar surface area (TPSA) is 72.2 Å². The van der Waals surface area contributed by atoms with Gasteiger partial charge in [-0.25, -0.2) is 8.42 Å². The van der Waals surface area contributed by atoms with Crippen molar-refractivity contribution in [3.8, 4) is 0 Å². The molecule has 0 heterocycles. The molecule has 0 aliphatic rings. The molecule has 0 spiro atoms. The minimum atomic E-state index is -3.77. The molecule has 4 nitrogen and oxygen atoms in total. The summed E-state index contributed by atoms with van der Waals surface area (Å²) in [6, 6.07) is 7.55. The van der Waals surface area contributed by atoms with Gasteiger partial charge in [-0.05, 0) is 58.7 Å². The largest absolute Gasteiger partial charge is 0.398 e. The average molecular weight is 410 g/mol. The quantitative estimate of drug-likeness (QED) is 0.735. The summed E-state index contributed by atoms with van der Waals surface area (Å²) in [5, 5.41) is 0.618. The van der Waals surface area contributed by atoms with Gasteiger partial charge in [0, 0.05) is 10.2 Å². The van der Waals surface area contributed by atoms with E-state index in [2.05, 4.69) is 20.7 Å². The SMILES string of the molecule is Cc1cc(Br)c(N)cc1S(=O)(=O)Nc1ccc(Cl)c(Cl)c1. The minimum Gasteiger partial charge on any atom is -0.398 e. The van der Waals surface area contributed by atoms with Crippen LogP contribution in [0.4, 0.5) is 11.4 Å². The van der Waals surface area contributed by atoms with Gasteiger partial charge < -0.3 is 5.73 Å². The van der Waals surface area contributed by atoms with Crippen LogP contribution >= 0.6 is 39.1 Å². The van der Waals surface area contributed by atoms with Crippen molar-refractivity contribution in [1.29, 1.82) is 0 Å². The van der Waals surface area contributed by atoms with Gasteiger partial charge in [0.25, 0.3) is 10.0 Å². The first-order chi connectivity index (χ1) is 9.70. The molecule has 2 aromatic carbocycles. The first-order valence-corrected chi connectivity index (χ1v) is 8.77. The van der Waals surface area contributed by atoms with E-state index in [9.17, 15) is 8.42 Å². The van der Waals surface area contributed by atoms with Crippen LogP contribution in [0.3, 0.4) is 0 Å². The van der Waals surface area contributed by atoms with Crippen LogP contribution in [0.25, 0.3) is 0 Å². The van der Waals surface area contributed by atoms with Crippen LogP contribution in [0, 0.1) is 6.92 Å². The third-order valence-corrected chi connectivity index (χ3v) is 5.70. The number of nitrogens with two attached hydrogens (primary N) is 1. The molecule has 2 rings (SSSR count). The molecule has 0 fully saturated rings. The molecule has 0 saturated heterocycles. The Morgan fingerprint density at radius 2 is 1.81 bits per heavy atom. The molecule has 2 aromatic rings. The lowest BCUT2D eigenvalue weighted by molar-refractivity contribution is 0.600. The summed E-state index contributed by atoms with van der Waals surface area (Å²) in [7, 11) is -3.77. The fraction of sp³-hybridized carbons (Fsp3) is 0.0769. The molecule has 0 unspecified atom stereocenters. The van der Waals surface area contributed by atoms with Gasteiger partial charge in [-0.1, -0.05) is 23.2 Å². The van der Waals surface area contributed by atoms with Crippen molar-refractivity contribution in [1.82, 2.24) is 0 Å². The fourth-order valence-corrected chi connectivity index (χ4v) is 3.80. The molecular weight excluding hydrogens is 399 g/mol. The summed E-state index contributed by atoms with van der Waals surface area (Å²) in [5.41, 5.74) is 6.99. The molecule has 0 radical (unpaired) electrons. The van der Waals surface area contributed by atoms with E-state index in [1.54, 1.807) is 13.0 Å². The maximum atomic E-state index is 12.4. The lowest BCUT2D eigenvalue weighted by Crippen LogP contribution is -2.14. The number of hydrogen-bond acceptors (Lipinski definition) is 3. The van der Waals surface area contributed by atoms with Crippen LogP contribution in [0.15, 0.2) is 39.7 Å². The first kappa shape index (κ1) is 16.4. The number of hydrogen-bond donors (Lipinski definition) is 2. The number of nitrogen functional groups attached to an aromatic ring is 1. The molecule has 112 valence electrons. The second kappa shape index (κ2) is 6.04. The van der Waals surface area contributed by atoms with Crippen LogP contribution in [0.1, 0.15) is 5.56 Å². The lowest BCUT2D eigenvalue weighted by atomic mass is 10.2. The van der Waals surface area contributed by atoms with E-state index >= 15 is 0 Å². The second-order valence-electron chi connectivity index (χ2n) is 4.37. The van der Waals surface area contributed by atoms with E-state index in [0.717, 1.165) is 0 Å². The van der Waals surface area contributed by atoms with Crippen LogP contribution in [-0.4, -0.2) is 8.42 Å². The van der Waals surface area contributed by atoms with Crippen LogP contribution in [0.5, 0.6) is 0 Å². The minimum absolute atomic E-state index is 0.106. The molecule has 0 atom stereocenters. The molecule has 0 aliphatic carbocycles. The van der Waals surface area contributed by atoms with Crippen molar-refractivity contribution in [2.75, 3.05) is 10.5 Å². The standard InChI is InChI=1S/C13H11BrCl2N2O2S/c1-7-4-9(14)12(17)6-13(7)21(19,20)18-8-2-3-10(15)11(16)5-8/h2-6,18H,17H2,1H3. The molecule has 0 aromatic heterocycles. The van der Waals surface area contributed by atoms with Crippen LogP contribution in [0.2, 0.25) is 10.0 Å². The Kier molecular flexibility index (Phi) is 4.72. The zero-order chi connectivity index (χ0) is 15.8. The monoisotopic (exact) mass is 408 g/mol. The molecule has 0 saturated carbocycles. The highest BCUT2D eigenvalue weighted by Gasteiger charge is 2.19. The van der Waals surface area contributed by atoms with Gasteiger partial charge in [-0.15, -0.1) is 0 Å². The molecule has 8 heteroatoms. The van der Waals surface area contributed by atoms with Crippen molar-refractivity contribution < 1.29 is 8.42 Å². The van der Waals surface area contributed by atoms with Gasteiger partial charge in [0.1, 0.15) is 0 Å². The summed E-state index contributed by atoms with van der Waals surface area (Å²) in [6.45, 7) is 1.69. The van der Waals surface area contributed by atoms with Crippen molar-refractivity contribution in [3.05, 3.63) is 50.4 Å². The zero-order valence-electron chi connectivity index (χ0n) is 10.8. The van der Waals surface area contributed by atoms with Crippen molar-refractivity contribution in [3.63, 3.8) is 0 Å². The number of nitrogens with one attached hydrogen (secondary N) is 1. The summed E-state index contributed by atoms with van der Waals surface area (Å²) in [4.78, 5) is 0.106. The zero-order valence-corrected chi connectivity index (χ0v) is 14.7. The van der Waals surface area contributed by atoms with Gasteiger partial charge in [-0.2, -0.15) is 0 Å². The first-order valence-electron chi connectivity index (χ1n) is 5.74. The Hall–Kier alpha value is -0.950. The van der Waals surface area contributed by atoms with Crippen LogP contribution < -0.4 is 10.5 Å². The summed E-state index contributed by atoms with van der Waals surface area (Å²) in [5.74, 6) is 0. The highest BCUT2D eigenvalue weighted by Crippen LogP contribution is 2.29. The maximum absolute atomic E-state index is 12.4. The third-order valence-electron chi connectivity index (χ3n) is 2.76. The van der Waals surface area contributed by atoms with E-state index < -0.39 is 10.0 Å². The molecular formula is C13H11BrCl2N2O2S. The smallest absolute Gasteiger partial charge is 0.262 e. The second-order valence-corrected chi connectivity index (χ2v) is 7.69. The predicted molar refractivity (Wildman–Crippen MR) is 90.6 cm³/mol. The highest BCUT2D eigenvalue weighted by atomic mass is 79.9. The van der Waals surface area contributed by atoms with E-state index in [0.29, 0.717) is 26.4 Å².